The van der Waals surface area contributed by atoms with Gasteiger partial charge in [-0.2, -0.15) is 0 Å². The molecule has 24 heavy (non-hydrogen) atoms. The number of anilines is 6. The van der Waals surface area contributed by atoms with Crippen molar-refractivity contribution in [2.24, 2.45) is 0 Å². The lowest BCUT2D eigenvalue weighted by atomic mass is 9.99. The third-order valence-electron chi connectivity index (χ3n) is 3.34. The van der Waals surface area contributed by atoms with E-state index in [1.165, 1.54) is 0 Å². The van der Waals surface area contributed by atoms with Crippen LogP contribution in [0.3, 0.4) is 0 Å². The second-order valence-corrected chi connectivity index (χ2v) is 5.38. The maximum atomic E-state index is 11.4. The van der Waals surface area contributed by atoms with Crippen molar-refractivity contribution >= 4 is 65.8 Å². The molecule has 128 valence electrons. The first-order valence-corrected chi connectivity index (χ1v) is 7.07. The summed E-state index contributed by atoms with van der Waals surface area (Å²) in [5.74, 6) is -1.06. The van der Waals surface area contributed by atoms with Crippen LogP contribution in [-0.2, 0) is 4.79 Å². The van der Waals surface area contributed by atoms with Crippen molar-refractivity contribution in [3.63, 3.8) is 0 Å². The SMILES string of the molecule is CC(=O)Oc1c(N)c(N)c(N)c2c(N)c(N)c(N)c(OC(=O)P)c12. The van der Waals surface area contributed by atoms with Gasteiger partial charge in [-0.1, -0.05) is 0 Å². The third kappa shape index (κ3) is 2.52. The molecule has 0 bridgehead atoms. The van der Waals surface area contributed by atoms with E-state index >= 15 is 0 Å². The fraction of sp³-hybridized carbons (Fsp3) is 0.0769. The summed E-state index contributed by atoms with van der Waals surface area (Å²) in [7, 11) is 1.81. The van der Waals surface area contributed by atoms with Gasteiger partial charge >= 0.3 is 11.7 Å². The normalized spacial score (nSPS) is 10.6. The van der Waals surface area contributed by atoms with E-state index in [2.05, 4.69) is 0 Å². The Labute approximate surface area is 138 Å². The van der Waals surface area contributed by atoms with Crippen LogP contribution < -0.4 is 43.9 Å². The number of nitrogen functional groups attached to an aromatic ring is 6. The Morgan fingerprint density at radius 2 is 1.12 bits per heavy atom. The molecule has 0 aliphatic heterocycles. The molecule has 0 saturated heterocycles. The molecule has 0 amide bonds. The minimum absolute atomic E-state index is 0.0105. The maximum absolute atomic E-state index is 11.4. The van der Waals surface area contributed by atoms with Gasteiger partial charge in [0.25, 0.3) is 0 Å². The number of hydrogen-bond acceptors (Lipinski definition) is 10. The molecule has 0 aliphatic rings. The Morgan fingerprint density at radius 1 is 0.708 bits per heavy atom. The lowest BCUT2D eigenvalue weighted by molar-refractivity contribution is -0.131. The van der Waals surface area contributed by atoms with E-state index in [1.54, 1.807) is 0 Å². The molecular weight excluding hydrogens is 335 g/mol. The molecule has 0 spiro atoms. The molecule has 0 radical (unpaired) electrons. The average Bonchev–Trinajstić information content (AvgIpc) is 2.49. The molecule has 1 unspecified atom stereocenters. The van der Waals surface area contributed by atoms with Crippen LogP contribution in [0.25, 0.3) is 10.8 Å². The Morgan fingerprint density at radius 3 is 1.50 bits per heavy atom. The molecule has 0 aromatic heterocycles. The number of carbonyl (C=O) groups excluding carboxylic acids is 2. The molecule has 0 saturated carbocycles. The van der Waals surface area contributed by atoms with Gasteiger partial charge in [-0.3, -0.25) is 4.79 Å². The topological polar surface area (TPSA) is 209 Å². The number of ether oxygens (including phenoxy) is 2. The van der Waals surface area contributed by atoms with Gasteiger partial charge in [-0.25, -0.2) is 4.79 Å². The highest BCUT2D eigenvalue weighted by molar-refractivity contribution is 7.39. The first kappa shape index (κ1) is 17.2. The van der Waals surface area contributed by atoms with E-state index in [0.29, 0.717) is 0 Å². The second kappa shape index (κ2) is 5.82. The van der Waals surface area contributed by atoms with E-state index in [-0.39, 0.29) is 56.4 Å². The molecule has 0 aliphatic carbocycles. The fourth-order valence-electron chi connectivity index (χ4n) is 2.27. The molecular formula is C13H17N6O4P. The van der Waals surface area contributed by atoms with Crippen molar-refractivity contribution < 1.29 is 19.1 Å². The third-order valence-corrected chi connectivity index (χ3v) is 3.46. The van der Waals surface area contributed by atoms with Gasteiger partial charge in [0.05, 0.1) is 28.1 Å². The number of esters is 1. The Hall–Kier alpha value is -3.13. The average molecular weight is 352 g/mol. The number of fused-ring (bicyclic) bond motifs is 1. The zero-order valence-corrected chi connectivity index (χ0v) is 13.8. The maximum Gasteiger partial charge on any atom is 0.325 e. The first-order chi connectivity index (χ1) is 11.1. The minimum atomic E-state index is -0.769. The molecule has 2 aromatic carbocycles. The summed E-state index contributed by atoms with van der Waals surface area (Å²) in [5.41, 5.74) is 34.3. The number of nitrogens with two attached hydrogens (primary N) is 6. The van der Waals surface area contributed by atoms with Gasteiger partial charge in [0.2, 0.25) is 0 Å². The molecule has 10 nitrogen and oxygen atoms in total. The summed E-state index contributed by atoms with van der Waals surface area (Å²) in [6, 6.07) is 0. The van der Waals surface area contributed by atoms with Gasteiger partial charge in [0.1, 0.15) is 11.4 Å². The van der Waals surface area contributed by atoms with Gasteiger partial charge in [-0.05, 0) is 9.24 Å². The predicted molar refractivity (Wildman–Crippen MR) is 97.5 cm³/mol. The Bertz CT molecular complexity index is 830. The van der Waals surface area contributed by atoms with E-state index in [9.17, 15) is 9.59 Å². The van der Waals surface area contributed by atoms with E-state index < -0.39 is 11.7 Å². The highest BCUT2D eigenvalue weighted by atomic mass is 31.0. The second-order valence-electron chi connectivity index (χ2n) is 4.91. The zero-order valence-electron chi connectivity index (χ0n) is 12.7. The molecule has 0 fully saturated rings. The molecule has 2 aromatic rings. The lowest BCUT2D eigenvalue weighted by Gasteiger charge is -2.21. The van der Waals surface area contributed by atoms with Crippen LogP contribution in [-0.4, -0.2) is 11.7 Å². The van der Waals surface area contributed by atoms with Gasteiger partial charge < -0.3 is 43.9 Å². The van der Waals surface area contributed by atoms with Crippen molar-refractivity contribution in [1.82, 2.24) is 0 Å². The molecule has 11 heteroatoms. The van der Waals surface area contributed by atoms with E-state index in [0.717, 1.165) is 6.92 Å². The number of hydrogen-bond donors (Lipinski definition) is 6. The monoisotopic (exact) mass is 352 g/mol. The minimum Gasteiger partial charge on any atom is -0.424 e. The van der Waals surface area contributed by atoms with Gasteiger partial charge in [0.15, 0.2) is 11.5 Å². The largest absolute Gasteiger partial charge is 0.424 e. The number of carbonyl (C=O) groups is 2. The molecule has 2 rings (SSSR count). The van der Waals surface area contributed by atoms with Crippen LogP contribution in [0, 0.1) is 0 Å². The smallest absolute Gasteiger partial charge is 0.325 e. The van der Waals surface area contributed by atoms with Crippen molar-refractivity contribution in [1.29, 1.82) is 0 Å². The summed E-state index contributed by atoms with van der Waals surface area (Å²) < 4.78 is 10.2. The lowest BCUT2D eigenvalue weighted by Crippen LogP contribution is -2.12. The summed E-state index contributed by atoms with van der Waals surface area (Å²) in [6.45, 7) is 1.16. The van der Waals surface area contributed by atoms with E-state index in [1.807, 2.05) is 9.24 Å². The molecule has 12 N–H and O–H groups in total. The van der Waals surface area contributed by atoms with Crippen molar-refractivity contribution in [2.75, 3.05) is 34.4 Å². The van der Waals surface area contributed by atoms with Crippen molar-refractivity contribution in [3.05, 3.63) is 0 Å². The van der Waals surface area contributed by atoms with Crippen LogP contribution in [0.5, 0.6) is 11.5 Å². The standard InChI is InChI=1S/C13H17N6O4P/c1-2(20)22-11-4-3(5(14)7(16)9(11)18)6(15)8(17)10(19)12(4)23-13(21)24/h14-19,24H2,1H3. The van der Waals surface area contributed by atoms with Crippen LogP contribution in [0.1, 0.15) is 6.92 Å². The highest BCUT2D eigenvalue weighted by Crippen LogP contribution is 2.52. The quantitative estimate of drug-likeness (QED) is 0.192. The summed E-state index contributed by atoms with van der Waals surface area (Å²) >= 11 is 0. The Balaban J connectivity index is 3.14. The highest BCUT2D eigenvalue weighted by Gasteiger charge is 2.26. The molecule has 1 atom stereocenters. The number of benzene rings is 2. The molecule has 0 heterocycles. The Kier molecular flexibility index (Phi) is 4.18. The zero-order chi connectivity index (χ0) is 18.3. The van der Waals surface area contributed by atoms with Crippen LogP contribution in [0.4, 0.5) is 38.9 Å². The van der Waals surface area contributed by atoms with E-state index in [4.69, 9.17) is 43.9 Å². The van der Waals surface area contributed by atoms with Crippen LogP contribution in [0.15, 0.2) is 0 Å². The first-order valence-electron chi connectivity index (χ1n) is 6.50. The number of rotatable bonds is 2. The van der Waals surface area contributed by atoms with Crippen molar-refractivity contribution in [2.45, 2.75) is 6.92 Å². The van der Waals surface area contributed by atoms with Gasteiger partial charge in [0, 0.05) is 12.3 Å². The van der Waals surface area contributed by atoms with Crippen LogP contribution >= 0.6 is 9.24 Å². The summed E-state index contributed by atoms with van der Waals surface area (Å²) in [6.07, 6.45) is 0. The van der Waals surface area contributed by atoms with Gasteiger partial charge in [-0.15, -0.1) is 0 Å². The summed E-state index contributed by atoms with van der Waals surface area (Å²) in [4.78, 5) is 22.8. The summed E-state index contributed by atoms with van der Waals surface area (Å²) in [5, 5.41) is 0.139. The predicted octanol–water partition coefficient (Wildman–Crippen LogP) is 0.632. The van der Waals surface area contributed by atoms with Crippen LogP contribution in [0.2, 0.25) is 0 Å². The van der Waals surface area contributed by atoms with Crippen molar-refractivity contribution in [3.8, 4) is 11.5 Å². The fourth-order valence-corrected chi connectivity index (χ4v) is 2.39.